The summed E-state index contributed by atoms with van der Waals surface area (Å²) < 4.78 is 12.3. The summed E-state index contributed by atoms with van der Waals surface area (Å²) in [6, 6.07) is 26.2. The van der Waals surface area contributed by atoms with E-state index in [1.807, 2.05) is 121 Å². The first kappa shape index (κ1) is 60.1. The Morgan fingerprint density at radius 2 is 1.03 bits per heavy atom. The molecule has 0 bridgehead atoms. The van der Waals surface area contributed by atoms with Gasteiger partial charge in [-0.1, -0.05) is 63.1 Å². The number of hydrogen-bond acceptors (Lipinski definition) is 8. The molecule has 16 heteroatoms. The molecule has 78 heavy (non-hydrogen) atoms. The maximum Gasteiger partial charge on any atom is 0.219 e. The first-order valence-corrected chi connectivity index (χ1v) is 27.7. The van der Waals surface area contributed by atoms with Crippen LogP contribution in [0.3, 0.4) is 0 Å². The summed E-state index contributed by atoms with van der Waals surface area (Å²) in [6.07, 6.45) is 39.5. The topological polar surface area (TPSA) is 148 Å². The molecule has 8 aromatic heterocycles. The van der Waals surface area contributed by atoms with E-state index in [9.17, 15) is 4.79 Å². The van der Waals surface area contributed by atoms with Gasteiger partial charge in [0.15, 0.2) is 41.5 Å². The fraction of sp³-hybridized carbons (Fsp3) is 0.403. The molecule has 9 rings (SSSR count). The number of imidazole rings is 5. The molecular formula is C62H81N14OOs+. The minimum atomic E-state index is 0. The van der Waals surface area contributed by atoms with Crippen molar-refractivity contribution in [2.45, 2.75) is 129 Å². The minimum absolute atomic E-state index is 0. The number of unbranched alkanes of at least 4 members (excludes halogenated alkanes) is 5. The molecule has 15 nitrogen and oxygen atoms in total. The van der Waals surface area contributed by atoms with Gasteiger partial charge >= 0.3 is 0 Å². The van der Waals surface area contributed by atoms with Gasteiger partial charge in [0.2, 0.25) is 5.91 Å². The van der Waals surface area contributed by atoms with Crippen molar-refractivity contribution < 1.29 is 29.2 Å². The maximum absolute atomic E-state index is 12.4. The molecule has 0 saturated carbocycles. The minimum Gasteiger partial charge on any atom is -0.356 e. The summed E-state index contributed by atoms with van der Waals surface area (Å²) >= 11 is 0. The summed E-state index contributed by atoms with van der Waals surface area (Å²) in [5.74, 6) is 6.21. The van der Waals surface area contributed by atoms with E-state index in [-0.39, 0.29) is 25.7 Å². The molecule has 8 heterocycles. The standard InChI is InChI=1S/C46H60N6O.2C8H10N4.Os/c1-4-38(40-18-10-8-11-19-40)35-43(41-22-27-47-28-23-41)36-39(5-2)42-24-32-51(33-25-42)30-14-9-12-21-45(53)48-26-13-6-7-15-31-52-34-29-49-46(52)44-20-16-17-37(3)50-44;2*1-11-5-3-9-7(11)8-10-4-6-12(8)2;/h8,10-11,16-20,22-25,27-29,32-34,38-39,43H,4-7,9,12-15,21,26,30-31,35-36H2,1-3H3;2*3-6H,1-2H3;/p+1. The Morgan fingerprint density at radius 1 is 0.526 bits per heavy atom. The average Bonchev–Trinajstić information content (AvgIpc) is 4.34. The molecule has 0 saturated heterocycles. The Balaban J connectivity index is 0.000000317. The SMILES string of the molecule is CCC(CC(CC(CC)c1cc[n+](CCCCCC(=O)NCCCCCCn2ccnc2-c2cccc(C)n2)cc1)c1ccncc1)c1ccccc1.Cn1ccnc1-c1nccn1C.Cn1ccnc1-c1nccn1C.[Os]. The molecule has 0 aliphatic rings. The normalized spacial score (nSPS) is 12.1. The van der Waals surface area contributed by atoms with Gasteiger partial charge in [-0.15, -0.1) is 0 Å². The van der Waals surface area contributed by atoms with Gasteiger partial charge in [0.25, 0.3) is 0 Å². The van der Waals surface area contributed by atoms with Crippen molar-refractivity contribution in [2.75, 3.05) is 6.54 Å². The van der Waals surface area contributed by atoms with Crippen LogP contribution in [-0.4, -0.2) is 70.2 Å². The van der Waals surface area contributed by atoms with Crippen molar-refractivity contribution in [3.8, 4) is 34.8 Å². The Kier molecular flexibility index (Phi) is 24.6. The van der Waals surface area contributed by atoms with Crippen LogP contribution in [0, 0.1) is 6.92 Å². The predicted octanol–water partition coefficient (Wildman–Crippen LogP) is 11.8. The van der Waals surface area contributed by atoms with Crippen molar-refractivity contribution in [3.05, 3.63) is 182 Å². The maximum atomic E-state index is 12.4. The fourth-order valence-corrected chi connectivity index (χ4v) is 9.93. The fourth-order valence-electron chi connectivity index (χ4n) is 9.93. The Morgan fingerprint density at radius 3 is 1.55 bits per heavy atom. The van der Waals surface area contributed by atoms with Crippen LogP contribution in [0.4, 0.5) is 0 Å². The zero-order valence-corrected chi connectivity index (χ0v) is 49.5. The van der Waals surface area contributed by atoms with Crippen LogP contribution in [0.1, 0.15) is 131 Å². The van der Waals surface area contributed by atoms with Crippen LogP contribution in [-0.2, 0) is 65.9 Å². The van der Waals surface area contributed by atoms with Crippen molar-refractivity contribution in [2.24, 2.45) is 28.2 Å². The Hall–Kier alpha value is -7.17. The number of aromatic nitrogens is 13. The average molecular weight is 1230 g/mol. The van der Waals surface area contributed by atoms with E-state index in [0.717, 1.165) is 131 Å². The van der Waals surface area contributed by atoms with E-state index < -0.39 is 0 Å². The zero-order valence-electron chi connectivity index (χ0n) is 46.9. The number of rotatable bonds is 25. The second-order valence-electron chi connectivity index (χ2n) is 20.1. The molecule has 1 aromatic carbocycles. The quantitative estimate of drug-likeness (QED) is 0.0439. The van der Waals surface area contributed by atoms with Gasteiger partial charge < -0.3 is 28.2 Å². The summed E-state index contributed by atoms with van der Waals surface area (Å²) in [5.41, 5.74) is 6.20. The number of pyridine rings is 3. The largest absolute Gasteiger partial charge is 0.356 e. The van der Waals surface area contributed by atoms with E-state index in [4.69, 9.17) is 0 Å². The first-order chi connectivity index (χ1) is 37.6. The summed E-state index contributed by atoms with van der Waals surface area (Å²) in [6.45, 7) is 9.33. The molecule has 1 amide bonds. The number of amides is 1. The molecular weight excluding hydrogens is 1150 g/mol. The van der Waals surface area contributed by atoms with Gasteiger partial charge in [-0.05, 0) is 117 Å². The Labute approximate surface area is 475 Å². The monoisotopic (exact) mass is 1230 g/mol. The van der Waals surface area contributed by atoms with Crippen LogP contribution in [0.5, 0.6) is 0 Å². The second kappa shape index (κ2) is 31.9. The third kappa shape index (κ3) is 17.9. The van der Waals surface area contributed by atoms with Crippen molar-refractivity contribution in [1.29, 1.82) is 0 Å². The van der Waals surface area contributed by atoms with Crippen molar-refractivity contribution >= 4 is 5.91 Å². The smallest absolute Gasteiger partial charge is 0.219 e. The van der Waals surface area contributed by atoms with E-state index in [0.29, 0.717) is 24.2 Å². The van der Waals surface area contributed by atoms with E-state index in [2.05, 4.69) is 130 Å². The van der Waals surface area contributed by atoms with Crippen LogP contribution < -0.4 is 9.88 Å². The van der Waals surface area contributed by atoms with Crippen LogP contribution in [0.25, 0.3) is 34.8 Å². The molecule has 0 aliphatic heterocycles. The van der Waals surface area contributed by atoms with Crippen LogP contribution >= 0.6 is 0 Å². The van der Waals surface area contributed by atoms with Gasteiger partial charge in [0, 0.05) is 166 Å². The first-order valence-electron chi connectivity index (χ1n) is 27.7. The molecule has 0 spiro atoms. The predicted molar refractivity (Wildman–Crippen MR) is 306 cm³/mol. The van der Waals surface area contributed by atoms with Gasteiger partial charge in [0.1, 0.15) is 12.2 Å². The van der Waals surface area contributed by atoms with Crippen LogP contribution in [0.2, 0.25) is 0 Å². The number of aryl methyl sites for hydroxylation is 7. The van der Waals surface area contributed by atoms with Crippen molar-refractivity contribution in [3.63, 3.8) is 0 Å². The number of carbonyl (C=O) groups is 1. The number of hydrogen-bond donors (Lipinski definition) is 1. The number of nitrogens with zero attached hydrogens (tertiary/aromatic N) is 13. The third-order valence-electron chi connectivity index (χ3n) is 14.4. The number of benzene rings is 1. The Bertz CT molecular complexity index is 2930. The van der Waals surface area contributed by atoms with Gasteiger partial charge in [-0.2, -0.15) is 0 Å². The molecule has 3 atom stereocenters. The van der Waals surface area contributed by atoms with Gasteiger partial charge in [-0.25, -0.2) is 34.5 Å². The molecule has 9 aromatic rings. The van der Waals surface area contributed by atoms with E-state index >= 15 is 0 Å². The van der Waals surface area contributed by atoms with E-state index in [1.54, 1.807) is 24.8 Å². The second-order valence-corrected chi connectivity index (χ2v) is 20.1. The number of carbonyl (C=O) groups excluding carboxylic acids is 1. The molecule has 1 N–H and O–H groups in total. The van der Waals surface area contributed by atoms with Gasteiger partial charge in [-0.3, -0.25) is 9.78 Å². The van der Waals surface area contributed by atoms with Crippen LogP contribution in [0.15, 0.2) is 160 Å². The van der Waals surface area contributed by atoms with E-state index in [1.165, 1.54) is 16.7 Å². The molecule has 3 unspecified atom stereocenters. The summed E-state index contributed by atoms with van der Waals surface area (Å²) in [5, 5.41) is 3.13. The third-order valence-corrected chi connectivity index (χ3v) is 14.4. The molecule has 0 radical (unpaired) electrons. The molecule has 0 aliphatic carbocycles. The molecule has 412 valence electrons. The summed E-state index contributed by atoms with van der Waals surface area (Å²) in [4.78, 5) is 42.7. The van der Waals surface area contributed by atoms with Gasteiger partial charge in [0.05, 0.1) is 0 Å². The summed E-state index contributed by atoms with van der Waals surface area (Å²) in [7, 11) is 7.82. The number of nitrogens with one attached hydrogen (secondary N) is 1. The molecule has 0 fully saturated rings. The zero-order chi connectivity index (χ0) is 54.2. The van der Waals surface area contributed by atoms with Crippen molar-refractivity contribution in [1.82, 2.24) is 63.0 Å².